The van der Waals surface area contributed by atoms with Crippen molar-refractivity contribution in [3.05, 3.63) is 60.7 Å². The molecule has 0 radical (unpaired) electrons. The molecule has 3 aromatic rings. The molecule has 0 saturated carbocycles. The number of anilines is 1. The van der Waals surface area contributed by atoms with Gasteiger partial charge in [0, 0.05) is 16.5 Å². The number of benzene rings is 3. The molecule has 0 heterocycles. The lowest BCUT2D eigenvalue weighted by molar-refractivity contribution is 0.484. The maximum Gasteiger partial charge on any atom is 0.339 e. The van der Waals surface area contributed by atoms with Gasteiger partial charge in [0.15, 0.2) is 5.75 Å². The molecule has 130 valence electrons. The molecule has 0 spiro atoms. The quantitative estimate of drug-likeness (QED) is 0.405. The van der Waals surface area contributed by atoms with Crippen LogP contribution in [0.5, 0.6) is 5.75 Å². The normalized spacial score (nSPS) is 12.2. The summed E-state index contributed by atoms with van der Waals surface area (Å²) in [5.74, 6) is -0.135. The van der Waals surface area contributed by atoms with Crippen molar-refractivity contribution >= 4 is 36.7 Å². The summed E-state index contributed by atoms with van der Waals surface area (Å²) in [4.78, 5) is -0.448. The highest BCUT2D eigenvalue weighted by molar-refractivity contribution is 7.87. The zero-order chi connectivity index (χ0) is 18.2. The average Bonchev–Trinajstić information content (AvgIpc) is 2.54. The lowest BCUT2D eigenvalue weighted by Gasteiger charge is -2.12. The zero-order valence-electron chi connectivity index (χ0n) is 12.7. The smallest absolute Gasteiger partial charge is 0.339 e. The maximum absolute atomic E-state index is 12.4. The predicted molar refractivity (Wildman–Crippen MR) is 92.4 cm³/mol. The van der Waals surface area contributed by atoms with Gasteiger partial charge in [0.05, 0.1) is 0 Å². The van der Waals surface area contributed by atoms with Crippen LogP contribution >= 0.6 is 0 Å². The van der Waals surface area contributed by atoms with Crippen molar-refractivity contribution in [1.29, 1.82) is 0 Å². The molecule has 0 atom stereocenters. The Bertz CT molecular complexity index is 1160. The Morgan fingerprint density at radius 2 is 1.52 bits per heavy atom. The first kappa shape index (κ1) is 17.2. The van der Waals surface area contributed by atoms with Crippen LogP contribution in [0.25, 0.3) is 10.8 Å². The molecule has 7 nitrogen and oxygen atoms in total. The van der Waals surface area contributed by atoms with E-state index in [4.69, 9.17) is 9.92 Å². The lowest BCUT2D eigenvalue weighted by atomic mass is 10.1. The van der Waals surface area contributed by atoms with Crippen molar-refractivity contribution in [2.24, 2.45) is 0 Å². The largest absolute Gasteiger partial charge is 0.398 e. The third-order valence-corrected chi connectivity index (χ3v) is 5.66. The Morgan fingerprint density at radius 3 is 2.16 bits per heavy atom. The van der Waals surface area contributed by atoms with Gasteiger partial charge in [0.25, 0.3) is 10.1 Å². The van der Waals surface area contributed by atoms with Gasteiger partial charge in [0.2, 0.25) is 0 Å². The molecule has 0 aromatic heterocycles. The molecule has 0 aliphatic heterocycles. The minimum absolute atomic E-state index is 0.0586. The van der Waals surface area contributed by atoms with Gasteiger partial charge in [-0.25, -0.2) is 0 Å². The molecular formula is C16H13NO6S2. The molecule has 3 aromatic carbocycles. The zero-order valence-corrected chi connectivity index (χ0v) is 14.3. The molecule has 3 rings (SSSR count). The van der Waals surface area contributed by atoms with Gasteiger partial charge in [-0.1, -0.05) is 30.3 Å². The van der Waals surface area contributed by atoms with Gasteiger partial charge in [-0.2, -0.15) is 16.8 Å². The van der Waals surface area contributed by atoms with Gasteiger partial charge >= 0.3 is 10.1 Å². The van der Waals surface area contributed by atoms with Crippen LogP contribution in [-0.2, 0) is 20.2 Å². The number of nitrogen functional groups attached to an aromatic ring is 1. The highest BCUT2D eigenvalue weighted by Crippen LogP contribution is 2.36. The van der Waals surface area contributed by atoms with Crippen LogP contribution in [-0.4, -0.2) is 21.4 Å². The predicted octanol–water partition coefficient (Wildman–Crippen LogP) is 2.44. The number of rotatable bonds is 4. The van der Waals surface area contributed by atoms with Crippen molar-refractivity contribution in [3.63, 3.8) is 0 Å². The minimum Gasteiger partial charge on any atom is -0.398 e. The summed E-state index contributed by atoms with van der Waals surface area (Å²) >= 11 is 0. The third kappa shape index (κ3) is 3.29. The van der Waals surface area contributed by atoms with Gasteiger partial charge in [-0.15, -0.1) is 0 Å². The van der Waals surface area contributed by atoms with E-state index in [9.17, 15) is 21.4 Å². The van der Waals surface area contributed by atoms with Crippen LogP contribution in [0.15, 0.2) is 70.5 Å². The summed E-state index contributed by atoms with van der Waals surface area (Å²) in [6, 6.07) is 14.1. The highest BCUT2D eigenvalue weighted by atomic mass is 32.2. The summed E-state index contributed by atoms with van der Waals surface area (Å²) in [6.45, 7) is 0. The Morgan fingerprint density at radius 1 is 0.840 bits per heavy atom. The summed E-state index contributed by atoms with van der Waals surface area (Å²) in [5.41, 5.74) is 5.99. The van der Waals surface area contributed by atoms with Crippen molar-refractivity contribution in [2.75, 3.05) is 5.73 Å². The van der Waals surface area contributed by atoms with Gasteiger partial charge in [0.1, 0.15) is 9.79 Å². The summed E-state index contributed by atoms with van der Waals surface area (Å²) in [7, 11) is -8.66. The fourth-order valence-electron chi connectivity index (χ4n) is 2.42. The van der Waals surface area contributed by atoms with Crippen molar-refractivity contribution in [2.45, 2.75) is 9.79 Å². The Hall–Kier alpha value is -2.62. The van der Waals surface area contributed by atoms with Crippen molar-refractivity contribution in [1.82, 2.24) is 0 Å². The van der Waals surface area contributed by atoms with Crippen LogP contribution in [0, 0.1) is 0 Å². The minimum atomic E-state index is -4.52. The first-order chi connectivity index (χ1) is 11.7. The molecule has 9 heteroatoms. The van der Waals surface area contributed by atoms with E-state index in [1.165, 1.54) is 36.4 Å². The lowest BCUT2D eigenvalue weighted by Crippen LogP contribution is -2.10. The van der Waals surface area contributed by atoms with Gasteiger partial charge in [-0.05, 0) is 30.3 Å². The van der Waals surface area contributed by atoms with E-state index in [0.29, 0.717) is 0 Å². The van der Waals surface area contributed by atoms with Crippen LogP contribution < -0.4 is 9.92 Å². The fraction of sp³-hybridized carbons (Fsp3) is 0. The average molecular weight is 379 g/mol. The van der Waals surface area contributed by atoms with Crippen LogP contribution in [0.1, 0.15) is 0 Å². The van der Waals surface area contributed by atoms with E-state index in [2.05, 4.69) is 0 Å². The Labute approximate surface area is 144 Å². The second-order valence-corrected chi connectivity index (χ2v) is 8.09. The number of nitrogens with two attached hydrogens (primary N) is 1. The molecule has 0 bridgehead atoms. The number of fused-ring (bicyclic) bond motifs is 1. The highest BCUT2D eigenvalue weighted by Gasteiger charge is 2.21. The Kier molecular flexibility index (Phi) is 4.15. The molecule has 3 N–H and O–H groups in total. The van der Waals surface area contributed by atoms with E-state index >= 15 is 0 Å². The summed E-state index contributed by atoms with van der Waals surface area (Å²) in [5, 5.41) is 0.139. The van der Waals surface area contributed by atoms with Crippen LogP contribution in [0.2, 0.25) is 0 Å². The monoisotopic (exact) mass is 379 g/mol. The van der Waals surface area contributed by atoms with Crippen LogP contribution in [0.4, 0.5) is 5.69 Å². The second-order valence-electron chi connectivity index (χ2n) is 5.16. The molecular weight excluding hydrogens is 366 g/mol. The van der Waals surface area contributed by atoms with E-state index in [-0.39, 0.29) is 32.0 Å². The molecule has 0 amide bonds. The second kappa shape index (κ2) is 6.03. The first-order valence-corrected chi connectivity index (χ1v) is 9.83. The molecule has 0 aliphatic carbocycles. The van der Waals surface area contributed by atoms with E-state index in [0.717, 1.165) is 6.07 Å². The van der Waals surface area contributed by atoms with E-state index in [1.54, 1.807) is 18.2 Å². The van der Waals surface area contributed by atoms with E-state index in [1.807, 2.05) is 0 Å². The standard InChI is InChI=1S/C16H13NO6S2/c17-13-9-10-15(24(18,19)20)12-7-4-8-14(16(12)13)23-25(21,22)11-5-2-1-3-6-11/h1-10H,17H2,(H,18,19,20). The summed E-state index contributed by atoms with van der Waals surface area (Å²) < 4.78 is 62.4. The summed E-state index contributed by atoms with van der Waals surface area (Å²) in [6.07, 6.45) is 0. The van der Waals surface area contributed by atoms with Gasteiger partial charge in [-0.3, -0.25) is 4.55 Å². The van der Waals surface area contributed by atoms with Gasteiger partial charge < -0.3 is 9.92 Å². The fourth-order valence-corrected chi connectivity index (χ4v) is 4.07. The topological polar surface area (TPSA) is 124 Å². The van der Waals surface area contributed by atoms with Crippen molar-refractivity contribution in [3.8, 4) is 5.75 Å². The first-order valence-electron chi connectivity index (χ1n) is 6.98. The molecule has 0 fully saturated rings. The van der Waals surface area contributed by atoms with Crippen molar-refractivity contribution < 1.29 is 25.6 Å². The third-order valence-electron chi connectivity index (χ3n) is 3.50. The number of hydrogen-bond donors (Lipinski definition) is 2. The maximum atomic E-state index is 12.4. The molecule has 0 saturated heterocycles. The molecule has 0 aliphatic rings. The molecule has 0 unspecified atom stereocenters. The van der Waals surface area contributed by atoms with Crippen LogP contribution in [0.3, 0.4) is 0 Å². The number of hydrogen-bond acceptors (Lipinski definition) is 6. The SMILES string of the molecule is Nc1ccc(S(=O)(=O)O)c2cccc(OS(=O)(=O)c3ccccc3)c12. The Balaban J connectivity index is 2.22. The molecule has 25 heavy (non-hydrogen) atoms. The van der Waals surface area contributed by atoms with E-state index < -0.39 is 20.2 Å².